The number of hydrogen-bond acceptors (Lipinski definition) is 5. The van der Waals surface area contributed by atoms with Crippen molar-refractivity contribution in [3.63, 3.8) is 0 Å². The average molecular weight is 1040 g/mol. The maximum Gasteiger partial charge on any atom is 0.306 e. The Bertz CT molecular complexity index is 1090. The van der Waals surface area contributed by atoms with Crippen LogP contribution in [0, 0.1) is 0 Å². The summed E-state index contributed by atoms with van der Waals surface area (Å²) < 4.78 is 17.6. The SMILES string of the molecule is CCCCCCCC/C=C\CCCCCCCCCCCCCC(=O)OC[C@@H](COCCCCCCCCCCCCCCCCCC)OC(=O)CCCCCCCCCCCCCCCCCCCCCCC. The van der Waals surface area contributed by atoms with Gasteiger partial charge < -0.3 is 14.2 Å². The van der Waals surface area contributed by atoms with E-state index in [1.807, 2.05) is 0 Å². The van der Waals surface area contributed by atoms with Gasteiger partial charge in [0, 0.05) is 19.4 Å². The van der Waals surface area contributed by atoms with Crippen LogP contribution in [0.2, 0.25) is 0 Å². The monoisotopic (exact) mass is 1040 g/mol. The fraction of sp³-hybridized carbons (Fsp3) is 0.942. The highest BCUT2D eigenvalue weighted by atomic mass is 16.6. The fourth-order valence-electron chi connectivity index (χ4n) is 10.7. The zero-order chi connectivity index (χ0) is 53.4. The third-order valence-corrected chi connectivity index (χ3v) is 15.8. The summed E-state index contributed by atoms with van der Waals surface area (Å²) >= 11 is 0. The van der Waals surface area contributed by atoms with Crippen molar-refractivity contribution in [3.05, 3.63) is 12.2 Å². The van der Waals surface area contributed by atoms with E-state index in [9.17, 15) is 9.59 Å². The van der Waals surface area contributed by atoms with E-state index in [-0.39, 0.29) is 18.5 Å². The third kappa shape index (κ3) is 63.2. The molecule has 74 heavy (non-hydrogen) atoms. The standard InChI is InChI=1S/C69H134O5/c1-4-7-10-13-16-19-22-25-28-31-33-35-37-39-41-44-47-50-53-56-59-62-68(70)73-66-67(65-72-64-61-58-55-52-49-46-43-30-27-24-21-18-15-12-9-6-3)74-69(71)63-60-57-54-51-48-45-42-40-38-36-34-32-29-26-23-20-17-14-11-8-5-2/h25,28,67H,4-24,26-27,29-66H2,1-3H3/b28-25-/t67-/m1/s1. The highest BCUT2D eigenvalue weighted by molar-refractivity contribution is 5.70. The number of esters is 2. The van der Waals surface area contributed by atoms with Gasteiger partial charge in [0.05, 0.1) is 6.61 Å². The molecule has 0 spiro atoms. The van der Waals surface area contributed by atoms with Crippen molar-refractivity contribution in [1.82, 2.24) is 0 Å². The molecule has 0 aromatic rings. The van der Waals surface area contributed by atoms with Crippen molar-refractivity contribution in [2.75, 3.05) is 19.8 Å². The first-order chi connectivity index (χ1) is 36.6. The van der Waals surface area contributed by atoms with Gasteiger partial charge in [-0.1, -0.05) is 348 Å². The molecule has 0 saturated heterocycles. The Kier molecular flexibility index (Phi) is 64.7. The van der Waals surface area contributed by atoms with Crippen LogP contribution in [0.25, 0.3) is 0 Å². The normalized spacial score (nSPS) is 12.1. The van der Waals surface area contributed by atoms with Crippen molar-refractivity contribution in [2.24, 2.45) is 0 Å². The highest BCUT2D eigenvalue weighted by Crippen LogP contribution is 2.19. The quantitative estimate of drug-likeness (QED) is 0.0345. The van der Waals surface area contributed by atoms with Crippen LogP contribution < -0.4 is 0 Å². The lowest BCUT2D eigenvalue weighted by molar-refractivity contribution is -0.163. The molecule has 5 heteroatoms. The topological polar surface area (TPSA) is 61.8 Å². The summed E-state index contributed by atoms with van der Waals surface area (Å²) in [6.45, 7) is 7.94. The van der Waals surface area contributed by atoms with Gasteiger partial charge in [-0.25, -0.2) is 0 Å². The molecule has 0 saturated carbocycles. The Labute approximate surface area is 465 Å². The first-order valence-corrected chi connectivity index (χ1v) is 34.2. The maximum atomic E-state index is 12.9. The largest absolute Gasteiger partial charge is 0.462 e. The smallest absolute Gasteiger partial charge is 0.306 e. The molecular formula is C69H134O5. The lowest BCUT2D eigenvalue weighted by Crippen LogP contribution is -2.30. The van der Waals surface area contributed by atoms with E-state index in [1.54, 1.807) is 0 Å². The van der Waals surface area contributed by atoms with Crippen LogP contribution in [0.4, 0.5) is 0 Å². The van der Waals surface area contributed by atoms with Crippen molar-refractivity contribution in [3.8, 4) is 0 Å². The zero-order valence-corrected chi connectivity index (χ0v) is 50.9. The summed E-state index contributed by atoms with van der Waals surface area (Å²) in [5, 5.41) is 0. The van der Waals surface area contributed by atoms with Gasteiger partial charge in [0.15, 0.2) is 6.10 Å². The fourth-order valence-corrected chi connectivity index (χ4v) is 10.7. The summed E-state index contributed by atoms with van der Waals surface area (Å²) in [5.74, 6) is -0.363. The Morgan fingerprint density at radius 2 is 0.527 bits per heavy atom. The van der Waals surface area contributed by atoms with Crippen LogP contribution in [0.5, 0.6) is 0 Å². The van der Waals surface area contributed by atoms with Gasteiger partial charge in [-0.3, -0.25) is 9.59 Å². The van der Waals surface area contributed by atoms with Gasteiger partial charge in [-0.2, -0.15) is 0 Å². The maximum absolute atomic E-state index is 12.9. The van der Waals surface area contributed by atoms with Gasteiger partial charge in [-0.15, -0.1) is 0 Å². The van der Waals surface area contributed by atoms with Crippen LogP contribution in [0.15, 0.2) is 12.2 Å². The number of allylic oxidation sites excluding steroid dienone is 2. The van der Waals surface area contributed by atoms with E-state index in [1.165, 1.54) is 327 Å². The summed E-state index contributed by atoms with van der Waals surface area (Å²) in [6, 6.07) is 0. The number of rotatable bonds is 65. The molecule has 5 nitrogen and oxygen atoms in total. The molecule has 0 N–H and O–H groups in total. The van der Waals surface area contributed by atoms with E-state index in [0.717, 1.165) is 32.1 Å². The molecule has 440 valence electrons. The molecular weight excluding hydrogens is 909 g/mol. The molecule has 0 aliphatic carbocycles. The summed E-state index contributed by atoms with van der Waals surface area (Å²) in [6.07, 6.45) is 79.8. The molecule has 0 aliphatic rings. The molecule has 0 aromatic heterocycles. The summed E-state index contributed by atoms with van der Waals surface area (Å²) in [4.78, 5) is 25.7. The number of carbonyl (C=O) groups is 2. The molecule has 0 aliphatic heterocycles. The summed E-state index contributed by atoms with van der Waals surface area (Å²) in [5.41, 5.74) is 0. The van der Waals surface area contributed by atoms with Crippen LogP contribution in [0.3, 0.4) is 0 Å². The van der Waals surface area contributed by atoms with Gasteiger partial charge in [0.1, 0.15) is 6.61 Å². The molecule has 0 rings (SSSR count). The first-order valence-electron chi connectivity index (χ1n) is 34.2. The second-order valence-corrected chi connectivity index (χ2v) is 23.4. The van der Waals surface area contributed by atoms with Gasteiger partial charge in [0.25, 0.3) is 0 Å². The Morgan fingerprint density at radius 1 is 0.284 bits per heavy atom. The minimum atomic E-state index is -0.529. The highest BCUT2D eigenvalue weighted by Gasteiger charge is 2.18. The molecule has 1 atom stereocenters. The molecule has 0 bridgehead atoms. The van der Waals surface area contributed by atoms with Crippen LogP contribution >= 0.6 is 0 Å². The van der Waals surface area contributed by atoms with E-state index in [4.69, 9.17) is 14.2 Å². The van der Waals surface area contributed by atoms with Crippen LogP contribution in [0.1, 0.15) is 393 Å². The minimum Gasteiger partial charge on any atom is -0.462 e. The molecule has 0 fully saturated rings. The van der Waals surface area contributed by atoms with Crippen molar-refractivity contribution < 1.29 is 23.8 Å². The van der Waals surface area contributed by atoms with Crippen molar-refractivity contribution in [2.45, 2.75) is 399 Å². The zero-order valence-electron chi connectivity index (χ0n) is 50.9. The molecule has 0 unspecified atom stereocenters. The van der Waals surface area contributed by atoms with E-state index in [0.29, 0.717) is 26.1 Å². The Balaban J connectivity index is 4.17. The van der Waals surface area contributed by atoms with E-state index >= 15 is 0 Å². The lowest BCUT2D eigenvalue weighted by Gasteiger charge is -2.18. The van der Waals surface area contributed by atoms with E-state index in [2.05, 4.69) is 32.9 Å². The third-order valence-electron chi connectivity index (χ3n) is 15.8. The molecule has 0 radical (unpaired) electrons. The van der Waals surface area contributed by atoms with Gasteiger partial charge in [0.2, 0.25) is 0 Å². The predicted octanol–water partition coefficient (Wildman–Crippen LogP) is 23.7. The second-order valence-electron chi connectivity index (χ2n) is 23.4. The Hall–Kier alpha value is -1.36. The lowest BCUT2D eigenvalue weighted by atomic mass is 10.0. The predicted molar refractivity (Wildman–Crippen MR) is 326 cm³/mol. The number of hydrogen-bond donors (Lipinski definition) is 0. The van der Waals surface area contributed by atoms with Crippen LogP contribution in [-0.2, 0) is 23.8 Å². The average Bonchev–Trinajstić information content (AvgIpc) is 3.40. The number of ether oxygens (including phenoxy) is 3. The minimum absolute atomic E-state index is 0.0960. The van der Waals surface area contributed by atoms with Gasteiger partial charge in [-0.05, 0) is 44.9 Å². The second kappa shape index (κ2) is 65.9. The summed E-state index contributed by atoms with van der Waals surface area (Å²) in [7, 11) is 0. The first kappa shape index (κ1) is 72.6. The van der Waals surface area contributed by atoms with Crippen LogP contribution in [-0.4, -0.2) is 37.9 Å². The van der Waals surface area contributed by atoms with Crippen molar-refractivity contribution >= 4 is 11.9 Å². The Morgan fingerprint density at radius 3 is 0.824 bits per heavy atom. The van der Waals surface area contributed by atoms with Crippen molar-refractivity contribution in [1.29, 1.82) is 0 Å². The molecule has 0 aromatic carbocycles. The number of carbonyl (C=O) groups excluding carboxylic acids is 2. The molecule has 0 amide bonds. The van der Waals surface area contributed by atoms with Gasteiger partial charge >= 0.3 is 11.9 Å². The molecule has 0 heterocycles. The van der Waals surface area contributed by atoms with E-state index < -0.39 is 6.10 Å². The number of unbranched alkanes of at least 4 members (excludes halogenated alkanes) is 52.